The van der Waals surface area contributed by atoms with Crippen LogP contribution in [-0.4, -0.2) is 41.4 Å². The first-order valence-corrected chi connectivity index (χ1v) is 6.62. The molecule has 4 nitrogen and oxygen atoms in total. The largest absolute Gasteiger partial charge is 0.320 e. The van der Waals surface area contributed by atoms with Crippen LogP contribution in [0.25, 0.3) is 0 Å². The lowest BCUT2D eigenvalue weighted by Crippen LogP contribution is -2.33. The van der Waals surface area contributed by atoms with Gasteiger partial charge in [-0.15, -0.1) is 12.4 Å². The summed E-state index contributed by atoms with van der Waals surface area (Å²) in [5, 5.41) is 7.46. The lowest BCUT2D eigenvalue weighted by Gasteiger charge is -2.31. The van der Waals surface area contributed by atoms with Crippen molar-refractivity contribution in [3.05, 3.63) is 18.0 Å². The van der Waals surface area contributed by atoms with Crippen LogP contribution in [0, 0.1) is 5.92 Å². The summed E-state index contributed by atoms with van der Waals surface area (Å²) in [7, 11) is 4.02. The van der Waals surface area contributed by atoms with Crippen molar-refractivity contribution in [1.82, 2.24) is 20.0 Å². The van der Waals surface area contributed by atoms with Crippen molar-refractivity contribution in [3.63, 3.8) is 0 Å². The van der Waals surface area contributed by atoms with E-state index in [4.69, 9.17) is 0 Å². The highest BCUT2D eigenvalue weighted by Gasteiger charge is 2.18. The Kier molecular flexibility index (Phi) is 6.68. The predicted octanol–water partition coefficient (Wildman–Crippen LogP) is 1.66. The minimum Gasteiger partial charge on any atom is -0.320 e. The van der Waals surface area contributed by atoms with E-state index in [2.05, 4.69) is 21.5 Å². The fraction of sp³-hybridized carbons (Fsp3) is 0.769. The molecule has 0 unspecified atom stereocenters. The zero-order valence-corrected chi connectivity index (χ0v) is 12.2. The molecule has 1 N–H and O–H groups in total. The normalized spacial score (nSPS) is 17.7. The topological polar surface area (TPSA) is 33.1 Å². The number of rotatable bonds is 5. The lowest BCUT2D eigenvalue weighted by atomic mass is 9.93. The van der Waals surface area contributed by atoms with Gasteiger partial charge in [0.05, 0.1) is 6.20 Å². The second-order valence-corrected chi connectivity index (χ2v) is 5.13. The molecule has 18 heavy (non-hydrogen) atoms. The third-order valence-electron chi connectivity index (χ3n) is 3.67. The van der Waals surface area contributed by atoms with E-state index in [1.54, 1.807) is 0 Å². The molecular weight excluding hydrogens is 248 g/mol. The zero-order valence-electron chi connectivity index (χ0n) is 11.4. The molecular formula is C13H25ClN4. The van der Waals surface area contributed by atoms with Crippen molar-refractivity contribution in [3.8, 4) is 0 Å². The van der Waals surface area contributed by atoms with Crippen LogP contribution in [0.2, 0.25) is 0 Å². The van der Waals surface area contributed by atoms with Crippen molar-refractivity contribution in [2.24, 2.45) is 13.0 Å². The van der Waals surface area contributed by atoms with Gasteiger partial charge in [0.25, 0.3) is 0 Å². The van der Waals surface area contributed by atoms with Crippen molar-refractivity contribution in [1.29, 1.82) is 0 Å². The van der Waals surface area contributed by atoms with E-state index in [1.165, 1.54) is 37.9 Å². The van der Waals surface area contributed by atoms with Gasteiger partial charge in [0, 0.05) is 25.4 Å². The molecule has 5 heteroatoms. The summed E-state index contributed by atoms with van der Waals surface area (Å²) in [6.45, 7) is 4.70. The van der Waals surface area contributed by atoms with Crippen molar-refractivity contribution in [2.45, 2.75) is 25.8 Å². The second-order valence-electron chi connectivity index (χ2n) is 5.13. The lowest BCUT2D eigenvalue weighted by molar-refractivity contribution is 0.172. The van der Waals surface area contributed by atoms with Gasteiger partial charge in [-0.1, -0.05) is 0 Å². The van der Waals surface area contributed by atoms with Gasteiger partial charge in [-0.25, -0.2) is 0 Å². The fourth-order valence-corrected chi connectivity index (χ4v) is 2.59. The molecule has 0 saturated carbocycles. The van der Waals surface area contributed by atoms with E-state index in [1.807, 2.05) is 25.0 Å². The molecule has 0 bridgehead atoms. The molecule has 1 fully saturated rings. The molecule has 2 rings (SSSR count). The minimum atomic E-state index is 0. The van der Waals surface area contributed by atoms with Crippen LogP contribution in [0.15, 0.2) is 12.4 Å². The van der Waals surface area contributed by atoms with Gasteiger partial charge in [0.15, 0.2) is 0 Å². The fourth-order valence-electron chi connectivity index (χ4n) is 2.59. The first-order chi connectivity index (χ1) is 8.28. The molecule has 0 spiro atoms. The van der Waals surface area contributed by atoms with Gasteiger partial charge in [-0.05, 0) is 51.9 Å². The number of aromatic nitrogens is 2. The maximum Gasteiger partial charge on any atom is 0.0534 e. The van der Waals surface area contributed by atoms with Crippen LogP contribution in [0.1, 0.15) is 24.8 Å². The summed E-state index contributed by atoms with van der Waals surface area (Å²) in [5.74, 6) is 0.924. The van der Waals surface area contributed by atoms with Gasteiger partial charge >= 0.3 is 0 Å². The number of aryl methyl sites for hydroxylation is 1. The van der Waals surface area contributed by atoms with Gasteiger partial charge in [0.2, 0.25) is 0 Å². The summed E-state index contributed by atoms with van der Waals surface area (Å²) in [6, 6.07) is 0. The van der Waals surface area contributed by atoms with Crippen LogP contribution in [-0.2, 0) is 13.6 Å². The molecule has 1 saturated heterocycles. The number of hydrogen-bond acceptors (Lipinski definition) is 3. The van der Waals surface area contributed by atoms with E-state index in [9.17, 15) is 0 Å². The van der Waals surface area contributed by atoms with Crippen LogP contribution in [0.5, 0.6) is 0 Å². The third-order valence-corrected chi connectivity index (χ3v) is 3.67. The SMILES string of the molecule is CNCCC1CCN(Cc2cnn(C)c2)CC1.Cl. The van der Waals surface area contributed by atoms with Crippen LogP contribution >= 0.6 is 12.4 Å². The molecule has 0 aromatic carbocycles. The molecule has 104 valence electrons. The van der Waals surface area contributed by atoms with Crippen molar-refractivity contribution in [2.75, 3.05) is 26.7 Å². The number of piperidine rings is 1. The molecule has 0 aliphatic carbocycles. The molecule has 0 radical (unpaired) electrons. The van der Waals surface area contributed by atoms with E-state index in [0.29, 0.717) is 0 Å². The zero-order chi connectivity index (χ0) is 12.1. The molecule has 1 aromatic rings. The third kappa shape index (κ3) is 4.59. The summed E-state index contributed by atoms with van der Waals surface area (Å²) in [6.07, 6.45) is 8.13. The van der Waals surface area contributed by atoms with Crippen LogP contribution in [0.4, 0.5) is 0 Å². The summed E-state index contributed by atoms with van der Waals surface area (Å²) in [4.78, 5) is 2.55. The molecule has 0 amide bonds. The Labute approximate surface area is 116 Å². The van der Waals surface area contributed by atoms with Crippen LogP contribution in [0.3, 0.4) is 0 Å². The van der Waals surface area contributed by atoms with E-state index in [0.717, 1.165) is 19.0 Å². The first-order valence-electron chi connectivity index (χ1n) is 6.62. The highest BCUT2D eigenvalue weighted by Crippen LogP contribution is 2.21. The van der Waals surface area contributed by atoms with Gasteiger partial charge in [0.1, 0.15) is 0 Å². The summed E-state index contributed by atoms with van der Waals surface area (Å²) in [5.41, 5.74) is 1.33. The highest BCUT2D eigenvalue weighted by atomic mass is 35.5. The number of hydrogen-bond donors (Lipinski definition) is 1. The van der Waals surface area contributed by atoms with Crippen molar-refractivity contribution >= 4 is 12.4 Å². The standard InChI is InChI=1S/C13H24N4.ClH/c1-14-6-3-12-4-7-17(8-5-12)11-13-9-15-16(2)10-13;/h9-10,12,14H,3-8,11H2,1-2H3;1H. The Morgan fingerprint density at radius 2 is 2.11 bits per heavy atom. The Bertz CT molecular complexity index is 331. The van der Waals surface area contributed by atoms with Crippen LogP contribution < -0.4 is 5.32 Å². The Balaban J connectivity index is 0.00000162. The molecule has 2 heterocycles. The number of nitrogens with zero attached hydrogens (tertiary/aromatic N) is 3. The predicted molar refractivity (Wildman–Crippen MR) is 77.0 cm³/mol. The smallest absolute Gasteiger partial charge is 0.0534 e. The monoisotopic (exact) mass is 272 g/mol. The van der Waals surface area contributed by atoms with Crippen molar-refractivity contribution < 1.29 is 0 Å². The number of likely N-dealkylation sites (tertiary alicyclic amines) is 1. The summed E-state index contributed by atoms with van der Waals surface area (Å²) >= 11 is 0. The number of halogens is 1. The maximum absolute atomic E-state index is 4.22. The average Bonchev–Trinajstić information content (AvgIpc) is 2.74. The Hall–Kier alpha value is -0.580. The Morgan fingerprint density at radius 1 is 1.39 bits per heavy atom. The van der Waals surface area contributed by atoms with E-state index in [-0.39, 0.29) is 12.4 Å². The average molecular weight is 273 g/mol. The molecule has 1 aromatic heterocycles. The van der Waals surface area contributed by atoms with E-state index < -0.39 is 0 Å². The molecule has 1 aliphatic heterocycles. The van der Waals surface area contributed by atoms with E-state index >= 15 is 0 Å². The maximum atomic E-state index is 4.22. The van der Waals surface area contributed by atoms with Gasteiger partial charge in [-0.2, -0.15) is 5.10 Å². The number of nitrogens with one attached hydrogen (secondary N) is 1. The Morgan fingerprint density at radius 3 is 2.67 bits per heavy atom. The highest BCUT2D eigenvalue weighted by molar-refractivity contribution is 5.85. The minimum absolute atomic E-state index is 0. The molecule has 1 aliphatic rings. The quantitative estimate of drug-likeness (QED) is 0.885. The van der Waals surface area contributed by atoms with Gasteiger partial charge < -0.3 is 5.32 Å². The molecule has 0 atom stereocenters. The summed E-state index contributed by atoms with van der Waals surface area (Å²) < 4.78 is 1.88. The van der Waals surface area contributed by atoms with Gasteiger partial charge in [-0.3, -0.25) is 9.58 Å². The first kappa shape index (κ1) is 15.5. The second kappa shape index (κ2) is 7.77.